The number of ether oxygens (including phenoxy) is 4. The lowest BCUT2D eigenvalue weighted by molar-refractivity contribution is -0.290. The zero-order valence-corrected chi connectivity index (χ0v) is 28.1. The van der Waals surface area contributed by atoms with Gasteiger partial charge in [0, 0.05) is 42.3 Å². The molecule has 6 unspecified atom stereocenters. The number of fused-ring (bicyclic) bond motifs is 5. The summed E-state index contributed by atoms with van der Waals surface area (Å²) in [5.74, 6) is -3.32. The molecule has 7 fully saturated rings. The Labute approximate surface area is 276 Å². The monoisotopic (exact) mass is 657 g/mol. The lowest BCUT2D eigenvalue weighted by Crippen LogP contribution is -2.76. The fourth-order valence-corrected chi connectivity index (χ4v) is 12.7. The molecule has 11 heteroatoms. The third-order valence-corrected chi connectivity index (χ3v) is 14.7. The molecule has 5 N–H and O–H groups in total. The van der Waals surface area contributed by atoms with E-state index < -0.39 is 70.0 Å². The Morgan fingerprint density at radius 3 is 2.40 bits per heavy atom. The number of esters is 1. The fraction of sp³-hybridized carbons (Fsp3) is 0.806. The first-order valence-corrected chi connectivity index (χ1v) is 17.6. The number of piperidine rings is 2. The van der Waals surface area contributed by atoms with Crippen LogP contribution in [-0.2, 0) is 9.47 Å². The highest BCUT2D eigenvalue weighted by Crippen LogP contribution is 2.77. The summed E-state index contributed by atoms with van der Waals surface area (Å²) >= 11 is 0. The Balaban J connectivity index is 1.14. The number of carbonyl (C=O) groups is 1. The van der Waals surface area contributed by atoms with Gasteiger partial charge in [-0.25, -0.2) is 4.79 Å². The minimum absolute atomic E-state index is 0.125. The van der Waals surface area contributed by atoms with Crippen LogP contribution in [0.3, 0.4) is 0 Å². The molecule has 8 rings (SSSR count). The molecule has 47 heavy (non-hydrogen) atoms. The van der Waals surface area contributed by atoms with Crippen molar-refractivity contribution in [3.05, 3.63) is 23.8 Å². The molecule has 7 aliphatic rings. The van der Waals surface area contributed by atoms with Crippen molar-refractivity contribution in [1.82, 2.24) is 4.90 Å². The van der Waals surface area contributed by atoms with Crippen LogP contribution in [0.5, 0.6) is 11.5 Å². The standard InChI is InChI=1S/C36H51NO10/c1-18-6-11-26-33(3,41)28-20(17-37(26)16-18)21-15-34-25(35(21,42)30(39)29(28)38)10-9-24-32(34,2)13-12-27(36(24,43)47-34)46-31(40)19-7-8-22(44-4)23(14-19)45-5/h7-8,14,18,20-21,24-30,38-39,41-43H,6,9-13,15-17H2,1-5H3/t18-,20?,21?,24?,25?,26-,27-,28?,29+,30-,32-,33?,34+,35-,36-/m0/s1. The number of benzene rings is 1. The smallest absolute Gasteiger partial charge is 0.338 e. The van der Waals surface area contributed by atoms with E-state index in [4.69, 9.17) is 18.9 Å². The van der Waals surface area contributed by atoms with Gasteiger partial charge in [-0.3, -0.25) is 4.90 Å². The van der Waals surface area contributed by atoms with Gasteiger partial charge in [0.1, 0.15) is 11.7 Å². The highest BCUT2D eigenvalue weighted by Gasteiger charge is 2.85. The van der Waals surface area contributed by atoms with Crippen LogP contribution in [0.15, 0.2) is 18.2 Å². The molecule has 3 heterocycles. The third-order valence-electron chi connectivity index (χ3n) is 14.7. The van der Waals surface area contributed by atoms with Crippen molar-refractivity contribution >= 4 is 5.97 Å². The highest BCUT2D eigenvalue weighted by molar-refractivity contribution is 5.90. The molecule has 15 atom stereocenters. The normalized spacial score (nSPS) is 52.9. The molecule has 4 saturated carbocycles. The number of nitrogens with zero attached hydrogens (tertiary/aromatic N) is 1. The van der Waals surface area contributed by atoms with E-state index in [0.29, 0.717) is 56.1 Å². The van der Waals surface area contributed by atoms with Crippen molar-refractivity contribution in [3.63, 3.8) is 0 Å². The highest BCUT2D eigenvalue weighted by atomic mass is 16.7. The number of rotatable bonds is 4. The summed E-state index contributed by atoms with van der Waals surface area (Å²) in [6, 6.07) is 4.65. The molecule has 0 aromatic heterocycles. The maximum absolute atomic E-state index is 13.5. The Morgan fingerprint density at radius 1 is 0.957 bits per heavy atom. The van der Waals surface area contributed by atoms with E-state index in [1.54, 1.807) is 25.1 Å². The van der Waals surface area contributed by atoms with Crippen molar-refractivity contribution in [1.29, 1.82) is 0 Å². The Hall–Kier alpha value is -1.99. The van der Waals surface area contributed by atoms with Crippen LogP contribution in [0.25, 0.3) is 0 Å². The second-order valence-electron chi connectivity index (χ2n) is 16.5. The molecule has 4 bridgehead atoms. The Bertz CT molecular complexity index is 1450. The summed E-state index contributed by atoms with van der Waals surface area (Å²) in [5.41, 5.74) is -4.24. The van der Waals surface area contributed by atoms with Gasteiger partial charge in [-0.1, -0.05) is 13.8 Å². The summed E-state index contributed by atoms with van der Waals surface area (Å²) in [6.07, 6.45) is 0.454. The van der Waals surface area contributed by atoms with E-state index in [1.165, 1.54) is 14.2 Å². The molecule has 3 aliphatic heterocycles. The quantitative estimate of drug-likeness (QED) is 0.302. The molecule has 260 valence electrons. The molecular weight excluding hydrogens is 606 g/mol. The molecule has 11 nitrogen and oxygen atoms in total. The molecule has 1 aromatic carbocycles. The van der Waals surface area contributed by atoms with E-state index in [1.807, 2.05) is 0 Å². The number of carbonyl (C=O) groups excluding carboxylic acids is 1. The topological polar surface area (TPSA) is 158 Å². The van der Waals surface area contributed by atoms with Gasteiger partial charge in [0.15, 0.2) is 17.6 Å². The zero-order chi connectivity index (χ0) is 33.5. The summed E-state index contributed by atoms with van der Waals surface area (Å²) in [7, 11) is 3.01. The second-order valence-corrected chi connectivity index (χ2v) is 16.5. The zero-order valence-electron chi connectivity index (χ0n) is 28.1. The number of hydrogen-bond donors (Lipinski definition) is 5. The first-order valence-electron chi connectivity index (χ1n) is 17.6. The van der Waals surface area contributed by atoms with Gasteiger partial charge < -0.3 is 44.5 Å². The number of hydrogen-bond acceptors (Lipinski definition) is 11. The van der Waals surface area contributed by atoms with Crippen LogP contribution in [0, 0.1) is 40.9 Å². The van der Waals surface area contributed by atoms with Gasteiger partial charge in [-0.2, -0.15) is 0 Å². The van der Waals surface area contributed by atoms with Crippen molar-refractivity contribution < 1.29 is 49.3 Å². The SMILES string of the molecule is COc1ccc(C(=O)O[C@H]2CC[C@@]3(C)C4CCC5[C@@]6(O)C(C[C@@]53O[C@@]42O)C2CN3C[C@@H](C)CC[C@H]3C(C)(O)C2[C@@H](O)[C@@H]6O)cc1OC. The van der Waals surface area contributed by atoms with Crippen molar-refractivity contribution in [2.24, 2.45) is 40.9 Å². The summed E-state index contributed by atoms with van der Waals surface area (Å²) in [4.78, 5) is 15.8. The van der Waals surface area contributed by atoms with Gasteiger partial charge in [0.25, 0.3) is 0 Å². The van der Waals surface area contributed by atoms with Crippen molar-refractivity contribution in [3.8, 4) is 11.5 Å². The minimum atomic E-state index is -1.79. The maximum atomic E-state index is 13.5. The van der Waals surface area contributed by atoms with Gasteiger partial charge in [0.2, 0.25) is 5.79 Å². The summed E-state index contributed by atoms with van der Waals surface area (Å²) in [5, 5.41) is 61.1. The second kappa shape index (κ2) is 10.3. The number of aliphatic hydroxyl groups is 5. The van der Waals surface area contributed by atoms with Gasteiger partial charge in [-0.15, -0.1) is 0 Å². The van der Waals surface area contributed by atoms with Crippen LogP contribution < -0.4 is 9.47 Å². The van der Waals surface area contributed by atoms with Crippen molar-refractivity contribution in [2.75, 3.05) is 27.3 Å². The predicted octanol–water partition coefficient (Wildman–Crippen LogP) is 2.10. The average molecular weight is 658 g/mol. The molecule has 1 spiro atoms. The Morgan fingerprint density at radius 2 is 1.68 bits per heavy atom. The lowest BCUT2D eigenvalue weighted by Gasteiger charge is -2.63. The molecule has 4 aliphatic carbocycles. The first kappa shape index (κ1) is 32.2. The van der Waals surface area contributed by atoms with E-state index >= 15 is 0 Å². The summed E-state index contributed by atoms with van der Waals surface area (Å²) in [6.45, 7) is 7.60. The lowest BCUT2D eigenvalue weighted by atomic mass is 9.49. The van der Waals surface area contributed by atoms with E-state index in [-0.39, 0.29) is 23.4 Å². The molecule has 3 saturated heterocycles. The van der Waals surface area contributed by atoms with Crippen LogP contribution >= 0.6 is 0 Å². The van der Waals surface area contributed by atoms with E-state index in [2.05, 4.69) is 18.7 Å². The number of methoxy groups -OCH3 is 2. The van der Waals surface area contributed by atoms with E-state index in [9.17, 15) is 30.3 Å². The van der Waals surface area contributed by atoms with E-state index in [0.717, 1.165) is 19.4 Å². The minimum Gasteiger partial charge on any atom is -0.493 e. The molecule has 1 aromatic rings. The van der Waals surface area contributed by atoms with Crippen LogP contribution in [0.1, 0.15) is 76.1 Å². The van der Waals surface area contributed by atoms with Gasteiger partial charge in [0.05, 0.1) is 37.1 Å². The fourth-order valence-electron chi connectivity index (χ4n) is 12.7. The van der Waals surface area contributed by atoms with Crippen molar-refractivity contribution in [2.45, 2.75) is 113 Å². The van der Waals surface area contributed by atoms with Crippen LogP contribution in [-0.4, -0.2) is 111 Å². The van der Waals surface area contributed by atoms with Gasteiger partial charge in [-0.05, 0) is 87.8 Å². The van der Waals surface area contributed by atoms with Crippen LogP contribution in [0.2, 0.25) is 0 Å². The molecule has 0 radical (unpaired) electrons. The number of aliphatic hydroxyl groups excluding tert-OH is 2. The van der Waals surface area contributed by atoms with Gasteiger partial charge >= 0.3 is 5.97 Å². The average Bonchev–Trinajstić information content (AvgIpc) is 3.28. The Kier molecular flexibility index (Phi) is 7.05. The largest absolute Gasteiger partial charge is 0.493 e. The molecular formula is C36H51NO10. The predicted molar refractivity (Wildman–Crippen MR) is 168 cm³/mol. The van der Waals surface area contributed by atoms with Crippen LogP contribution in [0.4, 0.5) is 0 Å². The first-order chi connectivity index (χ1) is 22.2. The maximum Gasteiger partial charge on any atom is 0.338 e. The summed E-state index contributed by atoms with van der Waals surface area (Å²) < 4.78 is 23.7. The third kappa shape index (κ3) is 3.91. The molecule has 0 amide bonds.